The molecule has 0 atom stereocenters. The van der Waals surface area contributed by atoms with Gasteiger partial charge in [-0.05, 0) is 24.8 Å². The SMILES string of the molecule is CC(C)CCc1[nH]nc(N)c1-c1cccnc1. The van der Waals surface area contributed by atoms with Crippen LogP contribution in [0.3, 0.4) is 0 Å². The van der Waals surface area contributed by atoms with Gasteiger partial charge in [-0.15, -0.1) is 0 Å². The standard InChI is InChI=1S/C13H18N4/c1-9(2)5-6-11-12(13(14)17-16-11)10-4-3-7-15-8-10/h3-4,7-9H,5-6H2,1-2H3,(H3,14,16,17). The minimum absolute atomic E-state index is 0.553. The lowest BCUT2D eigenvalue weighted by molar-refractivity contribution is 0.581. The number of aromatic amines is 1. The van der Waals surface area contributed by atoms with Crippen LogP contribution in [-0.2, 0) is 6.42 Å². The fraction of sp³-hybridized carbons (Fsp3) is 0.385. The summed E-state index contributed by atoms with van der Waals surface area (Å²) in [6.45, 7) is 4.42. The molecule has 0 aromatic carbocycles. The molecule has 2 heterocycles. The molecule has 0 saturated heterocycles. The smallest absolute Gasteiger partial charge is 0.153 e. The fourth-order valence-electron chi connectivity index (χ4n) is 1.84. The van der Waals surface area contributed by atoms with E-state index in [0.29, 0.717) is 11.7 Å². The first kappa shape index (κ1) is 11.6. The number of anilines is 1. The molecule has 2 rings (SSSR count). The molecule has 0 radical (unpaired) electrons. The van der Waals surface area contributed by atoms with Crippen molar-refractivity contribution in [2.24, 2.45) is 5.92 Å². The zero-order valence-corrected chi connectivity index (χ0v) is 10.3. The maximum absolute atomic E-state index is 5.91. The topological polar surface area (TPSA) is 67.6 Å². The van der Waals surface area contributed by atoms with Gasteiger partial charge in [0.15, 0.2) is 5.82 Å². The molecule has 0 aliphatic rings. The van der Waals surface area contributed by atoms with Crippen molar-refractivity contribution in [2.45, 2.75) is 26.7 Å². The number of nitrogens with one attached hydrogen (secondary N) is 1. The molecule has 3 N–H and O–H groups in total. The maximum atomic E-state index is 5.91. The molecule has 0 spiro atoms. The molecule has 90 valence electrons. The van der Waals surface area contributed by atoms with E-state index in [0.717, 1.165) is 29.7 Å². The summed E-state index contributed by atoms with van der Waals surface area (Å²) in [5, 5.41) is 7.12. The van der Waals surface area contributed by atoms with Crippen LogP contribution in [0.25, 0.3) is 11.1 Å². The first-order valence-electron chi connectivity index (χ1n) is 5.91. The lowest BCUT2D eigenvalue weighted by Gasteiger charge is -2.06. The van der Waals surface area contributed by atoms with Crippen molar-refractivity contribution in [1.82, 2.24) is 15.2 Å². The second-order valence-electron chi connectivity index (χ2n) is 4.64. The number of rotatable bonds is 4. The average molecular weight is 230 g/mol. The Morgan fingerprint density at radius 3 is 2.88 bits per heavy atom. The van der Waals surface area contributed by atoms with E-state index in [1.54, 1.807) is 6.20 Å². The molecule has 4 heteroatoms. The predicted molar refractivity (Wildman–Crippen MR) is 69.4 cm³/mol. The summed E-state index contributed by atoms with van der Waals surface area (Å²) >= 11 is 0. The Kier molecular flexibility index (Phi) is 3.42. The Labute approximate surface area is 101 Å². The molecule has 0 unspecified atom stereocenters. The van der Waals surface area contributed by atoms with Crippen LogP contribution in [0.5, 0.6) is 0 Å². The lowest BCUT2D eigenvalue weighted by atomic mass is 10.0. The van der Waals surface area contributed by atoms with E-state index in [9.17, 15) is 0 Å². The van der Waals surface area contributed by atoms with E-state index in [1.165, 1.54) is 0 Å². The Hall–Kier alpha value is -1.84. The summed E-state index contributed by atoms with van der Waals surface area (Å²) in [5.74, 6) is 1.22. The highest BCUT2D eigenvalue weighted by Gasteiger charge is 2.13. The summed E-state index contributed by atoms with van der Waals surface area (Å²) in [6.07, 6.45) is 5.66. The Morgan fingerprint density at radius 2 is 2.24 bits per heavy atom. The molecule has 0 saturated carbocycles. The van der Waals surface area contributed by atoms with E-state index in [1.807, 2.05) is 18.3 Å². The number of aromatic nitrogens is 3. The van der Waals surface area contributed by atoms with Gasteiger partial charge in [0.1, 0.15) is 0 Å². The van der Waals surface area contributed by atoms with E-state index >= 15 is 0 Å². The minimum atomic E-state index is 0.553. The highest BCUT2D eigenvalue weighted by Crippen LogP contribution is 2.28. The fourth-order valence-corrected chi connectivity index (χ4v) is 1.84. The molecule has 0 bridgehead atoms. The summed E-state index contributed by atoms with van der Waals surface area (Å²) in [7, 11) is 0. The van der Waals surface area contributed by atoms with Crippen LogP contribution in [0.15, 0.2) is 24.5 Å². The molecular formula is C13H18N4. The Balaban J connectivity index is 2.30. The first-order valence-corrected chi connectivity index (χ1v) is 5.91. The van der Waals surface area contributed by atoms with Gasteiger partial charge >= 0.3 is 0 Å². The number of pyridine rings is 1. The van der Waals surface area contributed by atoms with Crippen LogP contribution in [0.1, 0.15) is 26.0 Å². The quantitative estimate of drug-likeness (QED) is 0.848. The molecular weight excluding hydrogens is 212 g/mol. The zero-order chi connectivity index (χ0) is 12.3. The van der Waals surface area contributed by atoms with E-state index < -0.39 is 0 Å². The molecule has 0 aliphatic heterocycles. The molecule has 0 aliphatic carbocycles. The molecule has 2 aromatic rings. The summed E-state index contributed by atoms with van der Waals surface area (Å²) in [5.41, 5.74) is 9.04. The first-order chi connectivity index (χ1) is 8.18. The van der Waals surface area contributed by atoms with Gasteiger partial charge in [-0.1, -0.05) is 19.9 Å². The second-order valence-corrected chi connectivity index (χ2v) is 4.64. The number of nitrogens with two attached hydrogens (primary N) is 1. The van der Waals surface area contributed by atoms with Crippen molar-refractivity contribution in [3.8, 4) is 11.1 Å². The van der Waals surface area contributed by atoms with Gasteiger partial charge in [-0.3, -0.25) is 10.1 Å². The van der Waals surface area contributed by atoms with Gasteiger partial charge in [0.05, 0.1) is 0 Å². The van der Waals surface area contributed by atoms with Crippen molar-refractivity contribution in [2.75, 3.05) is 5.73 Å². The third-order valence-electron chi connectivity index (χ3n) is 2.79. The average Bonchev–Trinajstić information content (AvgIpc) is 2.69. The van der Waals surface area contributed by atoms with Gasteiger partial charge in [0, 0.05) is 29.2 Å². The van der Waals surface area contributed by atoms with E-state index in [2.05, 4.69) is 29.0 Å². The van der Waals surface area contributed by atoms with Crippen molar-refractivity contribution >= 4 is 5.82 Å². The number of nitrogen functional groups attached to an aromatic ring is 1. The van der Waals surface area contributed by atoms with E-state index in [4.69, 9.17) is 5.73 Å². The van der Waals surface area contributed by atoms with Crippen molar-refractivity contribution in [3.63, 3.8) is 0 Å². The summed E-state index contributed by atoms with van der Waals surface area (Å²) in [4.78, 5) is 4.12. The zero-order valence-electron chi connectivity index (χ0n) is 10.3. The monoisotopic (exact) mass is 230 g/mol. The van der Waals surface area contributed by atoms with Crippen LogP contribution < -0.4 is 5.73 Å². The Morgan fingerprint density at radius 1 is 1.41 bits per heavy atom. The normalized spacial score (nSPS) is 11.0. The van der Waals surface area contributed by atoms with Crippen LogP contribution in [-0.4, -0.2) is 15.2 Å². The van der Waals surface area contributed by atoms with Gasteiger partial charge in [-0.2, -0.15) is 5.10 Å². The van der Waals surface area contributed by atoms with Gasteiger partial charge in [-0.25, -0.2) is 0 Å². The van der Waals surface area contributed by atoms with Crippen molar-refractivity contribution in [3.05, 3.63) is 30.2 Å². The highest BCUT2D eigenvalue weighted by atomic mass is 15.2. The van der Waals surface area contributed by atoms with Gasteiger partial charge < -0.3 is 5.73 Å². The lowest BCUT2D eigenvalue weighted by Crippen LogP contribution is -1.95. The van der Waals surface area contributed by atoms with Crippen molar-refractivity contribution < 1.29 is 0 Å². The Bertz CT molecular complexity index is 473. The third-order valence-corrected chi connectivity index (χ3v) is 2.79. The molecule has 4 nitrogen and oxygen atoms in total. The van der Waals surface area contributed by atoms with Gasteiger partial charge in [0.2, 0.25) is 0 Å². The number of hydrogen-bond donors (Lipinski definition) is 2. The van der Waals surface area contributed by atoms with Crippen LogP contribution >= 0.6 is 0 Å². The van der Waals surface area contributed by atoms with Crippen LogP contribution in [0.2, 0.25) is 0 Å². The van der Waals surface area contributed by atoms with Crippen molar-refractivity contribution in [1.29, 1.82) is 0 Å². The van der Waals surface area contributed by atoms with Gasteiger partial charge in [0.25, 0.3) is 0 Å². The number of hydrogen-bond acceptors (Lipinski definition) is 3. The summed E-state index contributed by atoms with van der Waals surface area (Å²) in [6, 6.07) is 3.92. The molecule has 2 aromatic heterocycles. The van der Waals surface area contributed by atoms with E-state index in [-0.39, 0.29) is 0 Å². The second kappa shape index (κ2) is 4.99. The molecule has 17 heavy (non-hydrogen) atoms. The molecule has 0 fully saturated rings. The predicted octanol–water partition coefficient (Wildman–Crippen LogP) is 2.64. The molecule has 0 amide bonds. The maximum Gasteiger partial charge on any atom is 0.153 e. The van der Waals surface area contributed by atoms with Crippen LogP contribution in [0.4, 0.5) is 5.82 Å². The highest BCUT2D eigenvalue weighted by molar-refractivity contribution is 5.75. The number of aryl methyl sites for hydroxylation is 1. The minimum Gasteiger partial charge on any atom is -0.382 e. The number of nitrogens with zero attached hydrogens (tertiary/aromatic N) is 2. The summed E-state index contributed by atoms with van der Waals surface area (Å²) < 4.78 is 0. The largest absolute Gasteiger partial charge is 0.382 e. The number of H-pyrrole nitrogens is 1. The third kappa shape index (κ3) is 2.64. The van der Waals surface area contributed by atoms with Crippen LogP contribution in [0, 0.1) is 5.92 Å².